The van der Waals surface area contributed by atoms with Crippen LogP contribution < -0.4 is 11.1 Å². The lowest BCUT2D eigenvalue weighted by Gasteiger charge is -2.17. The largest absolute Gasteiger partial charge is 0.399 e. The molecule has 3 nitrogen and oxygen atoms in total. The van der Waals surface area contributed by atoms with Crippen LogP contribution in [0, 0.1) is 0 Å². The summed E-state index contributed by atoms with van der Waals surface area (Å²) in [6, 6.07) is 12.8. The fourth-order valence-corrected chi connectivity index (χ4v) is 2.93. The molecular weight excluding hydrogens is 352 g/mol. The molecule has 0 aromatic heterocycles. The van der Waals surface area contributed by atoms with E-state index in [0.29, 0.717) is 16.4 Å². The lowest BCUT2D eigenvalue weighted by Crippen LogP contribution is -2.28. The first-order valence-corrected chi connectivity index (χ1v) is 7.81. The molecule has 0 heterocycles. The van der Waals surface area contributed by atoms with Crippen LogP contribution >= 0.6 is 27.5 Å². The predicted octanol–water partition coefficient (Wildman–Crippen LogP) is 4.36. The fourth-order valence-electron chi connectivity index (χ4n) is 2.41. The number of amides is 1. The second kappa shape index (κ2) is 5.35. The van der Waals surface area contributed by atoms with E-state index in [0.717, 1.165) is 22.9 Å². The van der Waals surface area contributed by atoms with Crippen LogP contribution in [0.25, 0.3) is 0 Å². The summed E-state index contributed by atoms with van der Waals surface area (Å²) >= 11 is 9.40. The Morgan fingerprint density at radius 3 is 2.48 bits per heavy atom. The Morgan fingerprint density at radius 1 is 1.19 bits per heavy atom. The van der Waals surface area contributed by atoms with Gasteiger partial charge in [-0.3, -0.25) is 4.79 Å². The van der Waals surface area contributed by atoms with Crippen molar-refractivity contribution in [2.75, 3.05) is 11.1 Å². The molecule has 3 rings (SSSR count). The molecule has 0 bridgehead atoms. The minimum Gasteiger partial charge on any atom is -0.399 e. The standard InChI is InChI=1S/C16H14BrClN2O/c17-13-6-3-11(18)9-14(13)20-15(21)16(7-8-16)10-1-4-12(19)5-2-10/h1-6,9H,7-8,19H2,(H,20,21). The number of halogens is 2. The molecular formula is C16H14BrClN2O. The Bertz CT molecular complexity index is 696. The van der Waals surface area contributed by atoms with Crippen LogP contribution in [0.15, 0.2) is 46.9 Å². The van der Waals surface area contributed by atoms with Crippen LogP contribution in [0.4, 0.5) is 11.4 Å². The van der Waals surface area contributed by atoms with Crippen molar-refractivity contribution in [3.05, 3.63) is 57.5 Å². The molecule has 0 radical (unpaired) electrons. The highest BCUT2D eigenvalue weighted by Crippen LogP contribution is 2.49. The molecule has 1 aliphatic carbocycles. The van der Waals surface area contributed by atoms with Crippen molar-refractivity contribution in [2.24, 2.45) is 0 Å². The maximum absolute atomic E-state index is 12.6. The molecule has 0 atom stereocenters. The van der Waals surface area contributed by atoms with E-state index in [2.05, 4.69) is 21.2 Å². The zero-order valence-corrected chi connectivity index (χ0v) is 13.5. The SMILES string of the molecule is Nc1ccc(C2(C(=O)Nc3cc(Cl)ccc3Br)CC2)cc1. The van der Waals surface area contributed by atoms with Crippen LogP contribution in [0.3, 0.4) is 0 Å². The van der Waals surface area contributed by atoms with Gasteiger partial charge < -0.3 is 11.1 Å². The number of nitrogen functional groups attached to an aromatic ring is 1. The lowest BCUT2D eigenvalue weighted by molar-refractivity contribution is -0.118. The van der Waals surface area contributed by atoms with Crippen LogP contribution in [-0.2, 0) is 10.2 Å². The van der Waals surface area contributed by atoms with Gasteiger partial charge in [0.15, 0.2) is 0 Å². The Hall–Kier alpha value is -1.52. The number of carbonyl (C=O) groups excluding carboxylic acids is 1. The number of hydrogen-bond donors (Lipinski definition) is 2. The average molecular weight is 366 g/mol. The smallest absolute Gasteiger partial charge is 0.235 e. The number of hydrogen-bond acceptors (Lipinski definition) is 2. The van der Waals surface area contributed by atoms with Crippen LogP contribution in [-0.4, -0.2) is 5.91 Å². The summed E-state index contributed by atoms with van der Waals surface area (Å²) < 4.78 is 0.813. The number of anilines is 2. The van der Waals surface area contributed by atoms with Gasteiger partial charge in [0.05, 0.1) is 11.1 Å². The third kappa shape index (κ3) is 2.78. The van der Waals surface area contributed by atoms with E-state index in [9.17, 15) is 4.79 Å². The molecule has 5 heteroatoms. The van der Waals surface area contributed by atoms with Crippen LogP contribution in [0.1, 0.15) is 18.4 Å². The second-order valence-corrected chi connectivity index (χ2v) is 6.57. The minimum absolute atomic E-state index is 0.00441. The molecule has 1 saturated carbocycles. The molecule has 2 aromatic rings. The van der Waals surface area contributed by atoms with Crippen molar-refractivity contribution in [3.63, 3.8) is 0 Å². The lowest BCUT2D eigenvalue weighted by atomic mass is 9.94. The summed E-state index contributed by atoms with van der Waals surface area (Å²) in [5, 5.41) is 3.55. The number of carbonyl (C=O) groups is 1. The van der Waals surface area contributed by atoms with E-state index in [4.69, 9.17) is 17.3 Å². The van der Waals surface area contributed by atoms with Crippen molar-refractivity contribution in [1.29, 1.82) is 0 Å². The third-order valence-corrected chi connectivity index (χ3v) is 4.75. The number of benzene rings is 2. The quantitative estimate of drug-likeness (QED) is 0.794. The monoisotopic (exact) mass is 364 g/mol. The van der Waals surface area contributed by atoms with Crippen molar-refractivity contribution in [3.8, 4) is 0 Å². The average Bonchev–Trinajstić information content (AvgIpc) is 3.25. The van der Waals surface area contributed by atoms with Gasteiger partial charge in [-0.1, -0.05) is 23.7 Å². The number of nitrogens with one attached hydrogen (secondary N) is 1. The van der Waals surface area contributed by atoms with Gasteiger partial charge in [-0.2, -0.15) is 0 Å². The van der Waals surface area contributed by atoms with Gasteiger partial charge in [0.2, 0.25) is 5.91 Å². The van der Waals surface area contributed by atoms with E-state index in [1.807, 2.05) is 30.3 Å². The molecule has 1 aliphatic rings. The van der Waals surface area contributed by atoms with Crippen LogP contribution in [0.2, 0.25) is 5.02 Å². The zero-order chi connectivity index (χ0) is 15.0. The zero-order valence-electron chi connectivity index (χ0n) is 11.2. The summed E-state index contributed by atoms with van der Waals surface area (Å²) in [4.78, 5) is 12.6. The van der Waals surface area contributed by atoms with Crippen molar-refractivity contribution >= 4 is 44.8 Å². The normalized spacial score (nSPS) is 15.5. The Balaban J connectivity index is 1.85. The van der Waals surface area contributed by atoms with Gasteiger partial charge >= 0.3 is 0 Å². The van der Waals surface area contributed by atoms with E-state index in [1.165, 1.54) is 0 Å². The molecule has 2 aromatic carbocycles. The minimum atomic E-state index is -0.435. The summed E-state index contributed by atoms with van der Waals surface area (Å²) in [6.07, 6.45) is 1.70. The molecule has 108 valence electrons. The molecule has 0 spiro atoms. The number of rotatable bonds is 3. The first-order chi connectivity index (χ1) is 10.0. The topological polar surface area (TPSA) is 55.1 Å². The maximum Gasteiger partial charge on any atom is 0.235 e. The second-order valence-electron chi connectivity index (χ2n) is 5.28. The Labute approximate surface area is 136 Å². The highest BCUT2D eigenvalue weighted by molar-refractivity contribution is 9.10. The van der Waals surface area contributed by atoms with Gasteiger partial charge in [-0.15, -0.1) is 0 Å². The number of nitrogens with two attached hydrogens (primary N) is 1. The van der Waals surface area contributed by atoms with Gasteiger partial charge in [0.1, 0.15) is 0 Å². The summed E-state index contributed by atoms with van der Waals surface area (Å²) in [5.41, 5.74) is 7.67. The molecule has 21 heavy (non-hydrogen) atoms. The molecule has 1 amide bonds. The van der Waals surface area contributed by atoms with E-state index in [1.54, 1.807) is 12.1 Å². The first kappa shape index (κ1) is 14.4. The summed E-state index contributed by atoms with van der Waals surface area (Å²) in [5.74, 6) is -0.00441. The molecule has 1 fully saturated rings. The van der Waals surface area contributed by atoms with Crippen molar-refractivity contribution < 1.29 is 4.79 Å². The van der Waals surface area contributed by atoms with E-state index in [-0.39, 0.29) is 5.91 Å². The highest BCUT2D eigenvalue weighted by Gasteiger charge is 2.51. The Kier molecular flexibility index (Phi) is 3.68. The van der Waals surface area contributed by atoms with Crippen molar-refractivity contribution in [2.45, 2.75) is 18.3 Å². The molecule has 3 N–H and O–H groups in total. The van der Waals surface area contributed by atoms with E-state index < -0.39 is 5.41 Å². The van der Waals surface area contributed by atoms with Gasteiger partial charge in [0, 0.05) is 15.2 Å². The fraction of sp³-hybridized carbons (Fsp3) is 0.188. The molecule has 0 unspecified atom stereocenters. The van der Waals surface area contributed by atoms with Gasteiger partial charge in [-0.25, -0.2) is 0 Å². The highest BCUT2D eigenvalue weighted by atomic mass is 79.9. The van der Waals surface area contributed by atoms with Crippen molar-refractivity contribution in [1.82, 2.24) is 0 Å². The van der Waals surface area contributed by atoms with E-state index >= 15 is 0 Å². The molecule has 0 aliphatic heterocycles. The summed E-state index contributed by atoms with van der Waals surface area (Å²) in [7, 11) is 0. The maximum atomic E-state index is 12.6. The van der Waals surface area contributed by atoms with Gasteiger partial charge in [-0.05, 0) is 64.7 Å². The first-order valence-electron chi connectivity index (χ1n) is 6.64. The van der Waals surface area contributed by atoms with Crippen LogP contribution in [0.5, 0.6) is 0 Å². The predicted molar refractivity (Wildman–Crippen MR) is 89.5 cm³/mol. The van der Waals surface area contributed by atoms with Gasteiger partial charge in [0.25, 0.3) is 0 Å². The third-order valence-electron chi connectivity index (χ3n) is 3.82. The molecule has 0 saturated heterocycles. The Morgan fingerprint density at radius 2 is 1.86 bits per heavy atom. The summed E-state index contributed by atoms with van der Waals surface area (Å²) in [6.45, 7) is 0.